The summed E-state index contributed by atoms with van der Waals surface area (Å²) in [4.78, 5) is 2.07. The van der Waals surface area contributed by atoms with E-state index in [1.165, 1.54) is 11.3 Å². The molecule has 0 aliphatic carbocycles. The molecule has 1 aromatic carbocycles. The van der Waals surface area contributed by atoms with Crippen LogP contribution in [0.25, 0.3) is 0 Å². The van der Waals surface area contributed by atoms with Crippen molar-refractivity contribution in [3.63, 3.8) is 0 Å². The average molecular weight is 394 g/mol. The van der Waals surface area contributed by atoms with Crippen LogP contribution in [0.1, 0.15) is 18.5 Å². The highest BCUT2D eigenvalue weighted by molar-refractivity contribution is 9.10. The van der Waals surface area contributed by atoms with Crippen molar-refractivity contribution < 1.29 is 0 Å². The normalized spacial score (nSPS) is 12.3. The molecule has 6 heteroatoms. The third-order valence-electron chi connectivity index (χ3n) is 2.96. The molecule has 1 aromatic heterocycles. The van der Waals surface area contributed by atoms with Crippen LogP contribution in [0.3, 0.4) is 0 Å². The highest BCUT2D eigenvalue weighted by atomic mass is 79.9. The average Bonchev–Trinajstić information content (AvgIpc) is 2.68. The lowest BCUT2D eigenvalue weighted by molar-refractivity contribution is 0.888. The van der Waals surface area contributed by atoms with Gasteiger partial charge in [-0.3, -0.25) is 0 Å². The molecule has 0 aliphatic heterocycles. The van der Waals surface area contributed by atoms with Crippen LogP contribution in [0.2, 0.25) is 8.67 Å². The molecule has 2 nitrogen and oxygen atoms in total. The smallest absolute Gasteiger partial charge is 0.0996 e. The second kappa shape index (κ2) is 6.56. The molecule has 108 valence electrons. The minimum absolute atomic E-state index is 0.0826. The molecule has 0 saturated carbocycles. The van der Waals surface area contributed by atoms with E-state index < -0.39 is 0 Å². The van der Waals surface area contributed by atoms with E-state index in [9.17, 15) is 0 Å². The van der Waals surface area contributed by atoms with E-state index in [1.807, 2.05) is 26.2 Å². The van der Waals surface area contributed by atoms with E-state index in [0.717, 1.165) is 25.7 Å². The second-order valence-electron chi connectivity index (χ2n) is 4.70. The van der Waals surface area contributed by atoms with Gasteiger partial charge < -0.3 is 10.2 Å². The van der Waals surface area contributed by atoms with Gasteiger partial charge >= 0.3 is 0 Å². The fourth-order valence-electron chi connectivity index (χ4n) is 1.97. The lowest BCUT2D eigenvalue weighted by atomic mass is 10.1. The molecular formula is C14H15BrCl2N2S. The first-order chi connectivity index (χ1) is 9.38. The zero-order valence-corrected chi connectivity index (χ0v) is 15.3. The molecule has 0 radical (unpaired) electrons. The Bertz CT molecular complexity index is 613. The summed E-state index contributed by atoms with van der Waals surface area (Å²) in [5.74, 6) is 0. The Labute approximate surface area is 141 Å². The standard InChI is InChI=1S/C14H15BrCl2N2S/c1-8(10-7-13(16)20-14(10)17)18-11-6-9(15)4-5-12(11)19(2)3/h4-8,18H,1-3H3. The SMILES string of the molecule is CC(Nc1cc(Br)ccc1N(C)C)c1cc(Cl)sc1Cl. The molecule has 0 fully saturated rings. The fourth-order valence-corrected chi connectivity index (χ4v) is 3.98. The third kappa shape index (κ3) is 3.61. The quantitative estimate of drug-likeness (QED) is 0.679. The Morgan fingerprint density at radius 2 is 1.95 bits per heavy atom. The maximum atomic E-state index is 6.21. The number of anilines is 2. The van der Waals surface area contributed by atoms with Crippen molar-refractivity contribution in [2.45, 2.75) is 13.0 Å². The van der Waals surface area contributed by atoms with Gasteiger partial charge in [0.25, 0.3) is 0 Å². The number of nitrogens with one attached hydrogen (secondary N) is 1. The molecule has 0 amide bonds. The maximum Gasteiger partial charge on any atom is 0.0996 e. The first-order valence-corrected chi connectivity index (χ1v) is 8.43. The topological polar surface area (TPSA) is 15.3 Å². The number of nitrogens with zero attached hydrogens (tertiary/aromatic N) is 1. The number of halogens is 3. The van der Waals surface area contributed by atoms with Crippen molar-refractivity contribution >= 4 is 61.8 Å². The zero-order chi connectivity index (χ0) is 14.9. The Hall–Kier alpha value is -0.420. The minimum atomic E-state index is 0.0826. The molecule has 0 bridgehead atoms. The monoisotopic (exact) mass is 392 g/mol. The van der Waals surface area contributed by atoms with Gasteiger partial charge in [0.05, 0.1) is 26.1 Å². The number of hydrogen-bond donors (Lipinski definition) is 1. The van der Waals surface area contributed by atoms with E-state index >= 15 is 0 Å². The van der Waals surface area contributed by atoms with Crippen LogP contribution in [0.15, 0.2) is 28.7 Å². The number of rotatable bonds is 4. The van der Waals surface area contributed by atoms with E-state index in [-0.39, 0.29) is 6.04 Å². The first kappa shape index (κ1) is 16.0. The van der Waals surface area contributed by atoms with Gasteiger partial charge in [0.2, 0.25) is 0 Å². The molecular weight excluding hydrogens is 379 g/mol. The summed E-state index contributed by atoms with van der Waals surface area (Å²) in [6.07, 6.45) is 0. The third-order valence-corrected chi connectivity index (χ3v) is 4.97. The Balaban J connectivity index is 2.29. The molecule has 1 heterocycles. The van der Waals surface area contributed by atoms with Crippen LogP contribution in [0.4, 0.5) is 11.4 Å². The molecule has 0 spiro atoms. The Morgan fingerprint density at radius 1 is 1.25 bits per heavy atom. The van der Waals surface area contributed by atoms with Gasteiger partial charge in [-0.25, -0.2) is 0 Å². The van der Waals surface area contributed by atoms with E-state index in [2.05, 4.69) is 45.2 Å². The summed E-state index contributed by atoms with van der Waals surface area (Å²) < 4.78 is 2.48. The number of benzene rings is 1. The van der Waals surface area contributed by atoms with Crippen molar-refractivity contribution in [3.8, 4) is 0 Å². The molecule has 1 N–H and O–H groups in total. The molecule has 2 rings (SSSR count). The summed E-state index contributed by atoms with van der Waals surface area (Å²) in [7, 11) is 4.04. The van der Waals surface area contributed by atoms with Crippen LogP contribution < -0.4 is 10.2 Å². The van der Waals surface area contributed by atoms with Crippen molar-refractivity contribution in [1.82, 2.24) is 0 Å². The zero-order valence-electron chi connectivity index (χ0n) is 11.4. The van der Waals surface area contributed by atoms with Crippen molar-refractivity contribution in [1.29, 1.82) is 0 Å². The number of hydrogen-bond acceptors (Lipinski definition) is 3. The number of thiophene rings is 1. The predicted octanol–water partition coefficient (Wildman–Crippen LogP) is 6.06. The molecule has 1 atom stereocenters. The van der Waals surface area contributed by atoms with Crippen LogP contribution >= 0.6 is 50.5 Å². The summed E-state index contributed by atoms with van der Waals surface area (Å²) >= 11 is 17.1. The summed E-state index contributed by atoms with van der Waals surface area (Å²) in [5.41, 5.74) is 3.19. The Kier molecular flexibility index (Phi) is 5.24. The van der Waals surface area contributed by atoms with E-state index in [1.54, 1.807) is 0 Å². The largest absolute Gasteiger partial charge is 0.377 e. The van der Waals surface area contributed by atoms with Crippen LogP contribution in [-0.2, 0) is 0 Å². The fraction of sp³-hybridized carbons (Fsp3) is 0.286. The van der Waals surface area contributed by atoms with Gasteiger partial charge in [0, 0.05) is 24.1 Å². The summed E-state index contributed by atoms with van der Waals surface area (Å²) in [6.45, 7) is 2.07. The van der Waals surface area contributed by atoms with Crippen LogP contribution in [-0.4, -0.2) is 14.1 Å². The highest BCUT2D eigenvalue weighted by Crippen LogP contribution is 2.37. The van der Waals surface area contributed by atoms with Gasteiger partial charge in [0.1, 0.15) is 0 Å². The van der Waals surface area contributed by atoms with Gasteiger partial charge in [-0.1, -0.05) is 39.1 Å². The molecule has 2 aromatic rings. The first-order valence-electron chi connectivity index (χ1n) is 6.06. The van der Waals surface area contributed by atoms with Gasteiger partial charge in [-0.15, -0.1) is 11.3 Å². The molecule has 0 saturated heterocycles. The van der Waals surface area contributed by atoms with Crippen molar-refractivity contribution in [2.24, 2.45) is 0 Å². The minimum Gasteiger partial charge on any atom is -0.377 e. The van der Waals surface area contributed by atoms with Gasteiger partial charge in [0.15, 0.2) is 0 Å². The van der Waals surface area contributed by atoms with E-state index in [0.29, 0.717) is 4.34 Å². The van der Waals surface area contributed by atoms with Gasteiger partial charge in [-0.2, -0.15) is 0 Å². The predicted molar refractivity (Wildman–Crippen MR) is 94.8 cm³/mol. The van der Waals surface area contributed by atoms with E-state index in [4.69, 9.17) is 23.2 Å². The Morgan fingerprint density at radius 3 is 2.50 bits per heavy atom. The van der Waals surface area contributed by atoms with Crippen LogP contribution in [0, 0.1) is 0 Å². The summed E-state index contributed by atoms with van der Waals surface area (Å²) in [6, 6.07) is 8.16. The summed E-state index contributed by atoms with van der Waals surface area (Å²) in [5, 5.41) is 3.50. The van der Waals surface area contributed by atoms with Crippen molar-refractivity contribution in [2.75, 3.05) is 24.3 Å². The highest BCUT2D eigenvalue weighted by Gasteiger charge is 2.15. The lowest BCUT2D eigenvalue weighted by Crippen LogP contribution is -2.14. The maximum absolute atomic E-state index is 6.21. The van der Waals surface area contributed by atoms with Crippen LogP contribution in [0.5, 0.6) is 0 Å². The molecule has 0 aliphatic rings. The molecule has 1 unspecified atom stereocenters. The lowest BCUT2D eigenvalue weighted by Gasteiger charge is -2.22. The van der Waals surface area contributed by atoms with Gasteiger partial charge in [-0.05, 0) is 31.2 Å². The molecule has 20 heavy (non-hydrogen) atoms. The second-order valence-corrected chi connectivity index (χ2v) is 7.90. The van der Waals surface area contributed by atoms with Crippen molar-refractivity contribution in [3.05, 3.63) is 43.0 Å².